The second kappa shape index (κ2) is 5.96. The van der Waals surface area contributed by atoms with E-state index in [0.29, 0.717) is 17.2 Å². The van der Waals surface area contributed by atoms with Crippen LogP contribution in [0, 0.1) is 11.3 Å². The molecule has 5 heteroatoms. The molecular weight excluding hydrogens is 208 g/mol. The Morgan fingerprint density at radius 1 is 1.47 bits per heavy atom. The molecule has 1 rings (SSSR count). The molecule has 0 saturated carbocycles. The van der Waals surface area contributed by atoms with Gasteiger partial charge in [-0.1, -0.05) is 18.2 Å². The Hall–Kier alpha value is -1.64. The Labute approximate surface area is 94.1 Å². The fourth-order valence-electron chi connectivity index (χ4n) is 1.21. The molecule has 0 aromatic heterocycles. The van der Waals surface area contributed by atoms with Crippen LogP contribution in [0.3, 0.4) is 0 Å². The zero-order chi connectivity index (χ0) is 11.1. The largest absolute Gasteiger partial charge is 0.361 e. The number of nitrogens with two attached hydrogens (primary N) is 1. The first kappa shape index (κ1) is 11.4. The highest BCUT2D eigenvalue weighted by atomic mass is 32.1. The maximum absolute atomic E-state index is 8.84. The van der Waals surface area contributed by atoms with Crippen LogP contribution in [0.2, 0.25) is 0 Å². The number of thiocarbonyl (C=S) groups is 1. The van der Waals surface area contributed by atoms with Gasteiger partial charge in [-0.3, -0.25) is 0 Å². The van der Waals surface area contributed by atoms with Crippen LogP contribution in [0.25, 0.3) is 0 Å². The molecule has 0 bridgehead atoms. The van der Waals surface area contributed by atoms with E-state index in [1.807, 2.05) is 18.2 Å². The SMILES string of the molecule is N#Cc1ccccc1CCNC(=S)NN. The van der Waals surface area contributed by atoms with Gasteiger partial charge < -0.3 is 10.7 Å². The normalized spacial score (nSPS) is 9.07. The quantitative estimate of drug-likeness (QED) is 0.391. The number of rotatable bonds is 3. The van der Waals surface area contributed by atoms with E-state index in [-0.39, 0.29) is 0 Å². The molecule has 0 aliphatic heterocycles. The first-order valence-corrected chi connectivity index (χ1v) is 4.91. The molecule has 15 heavy (non-hydrogen) atoms. The topological polar surface area (TPSA) is 73.9 Å². The molecule has 0 spiro atoms. The number of nitrogens with zero attached hydrogens (tertiary/aromatic N) is 1. The lowest BCUT2D eigenvalue weighted by Crippen LogP contribution is -2.40. The van der Waals surface area contributed by atoms with E-state index in [1.165, 1.54) is 0 Å². The number of nitriles is 1. The fourth-order valence-corrected chi connectivity index (χ4v) is 1.31. The summed E-state index contributed by atoms with van der Waals surface area (Å²) >= 11 is 4.82. The molecule has 0 heterocycles. The molecule has 1 aromatic rings. The minimum absolute atomic E-state index is 0.407. The summed E-state index contributed by atoms with van der Waals surface area (Å²) in [6, 6.07) is 9.64. The summed E-state index contributed by atoms with van der Waals surface area (Å²) < 4.78 is 0. The lowest BCUT2D eigenvalue weighted by atomic mass is 10.1. The molecule has 0 fully saturated rings. The van der Waals surface area contributed by atoms with Gasteiger partial charge in [-0.15, -0.1) is 0 Å². The molecule has 0 amide bonds. The van der Waals surface area contributed by atoms with E-state index < -0.39 is 0 Å². The molecule has 1 aromatic carbocycles. The van der Waals surface area contributed by atoms with Crippen molar-refractivity contribution in [2.24, 2.45) is 5.84 Å². The summed E-state index contributed by atoms with van der Waals surface area (Å²) in [6.45, 7) is 0.654. The van der Waals surface area contributed by atoms with Gasteiger partial charge >= 0.3 is 0 Å². The van der Waals surface area contributed by atoms with E-state index in [4.69, 9.17) is 23.3 Å². The van der Waals surface area contributed by atoms with Crippen LogP contribution in [0.4, 0.5) is 0 Å². The van der Waals surface area contributed by atoms with E-state index in [1.54, 1.807) is 6.07 Å². The number of hydrazine groups is 1. The van der Waals surface area contributed by atoms with Crippen molar-refractivity contribution >= 4 is 17.3 Å². The second-order valence-electron chi connectivity index (χ2n) is 2.92. The highest BCUT2D eigenvalue weighted by molar-refractivity contribution is 7.80. The van der Waals surface area contributed by atoms with Crippen LogP contribution >= 0.6 is 12.2 Å². The molecule has 0 aliphatic carbocycles. The van der Waals surface area contributed by atoms with Crippen LogP contribution < -0.4 is 16.6 Å². The van der Waals surface area contributed by atoms with Crippen LogP contribution in [-0.4, -0.2) is 11.7 Å². The minimum atomic E-state index is 0.407. The molecule has 0 saturated heterocycles. The molecular formula is C10H12N4S. The van der Waals surface area contributed by atoms with Crippen molar-refractivity contribution in [3.05, 3.63) is 35.4 Å². The van der Waals surface area contributed by atoms with E-state index in [2.05, 4.69) is 16.8 Å². The number of benzene rings is 1. The number of hydrogen-bond acceptors (Lipinski definition) is 3. The van der Waals surface area contributed by atoms with Gasteiger partial charge in [0.25, 0.3) is 0 Å². The van der Waals surface area contributed by atoms with Crippen molar-refractivity contribution in [1.82, 2.24) is 10.7 Å². The van der Waals surface area contributed by atoms with Gasteiger partial charge in [-0.25, -0.2) is 5.84 Å². The summed E-state index contributed by atoms with van der Waals surface area (Å²) in [5, 5.41) is 12.2. The molecule has 0 aliphatic rings. The van der Waals surface area contributed by atoms with Crippen molar-refractivity contribution in [2.45, 2.75) is 6.42 Å². The molecule has 0 atom stereocenters. The Balaban J connectivity index is 2.51. The van der Waals surface area contributed by atoms with E-state index >= 15 is 0 Å². The first-order chi connectivity index (χ1) is 7.27. The third kappa shape index (κ3) is 3.54. The summed E-state index contributed by atoms with van der Waals surface area (Å²) in [4.78, 5) is 0. The Kier molecular flexibility index (Phi) is 4.54. The van der Waals surface area contributed by atoms with E-state index in [9.17, 15) is 0 Å². The summed E-state index contributed by atoms with van der Waals surface area (Å²) in [6.07, 6.45) is 0.742. The second-order valence-corrected chi connectivity index (χ2v) is 3.33. The van der Waals surface area contributed by atoms with Gasteiger partial charge in [0.1, 0.15) is 0 Å². The molecule has 4 nitrogen and oxygen atoms in total. The minimum Gasteiger partial charge on any atom is -0.361 e. The highest BCUT2D eigenvalue weighted by Crippen LogP contribution is 2.07. The predicted octanol–water partition coefficient (Wildman–Crippen LogP) is 0.439. The maximum atomic E-state index is 8.84. The van der Waals surface area contributed by atoms with Gasteiger partial charge in [0.15, 0.2) is 5.11 Å². The average Bonchev–Trinajstić information content (AvgIpc) is 2.29. The van der Waals surface area contributed by atoms with Gasteiger partial charge in [-0.2, -0.15) is 5.26 Å². The zero-order valence-corrected chi connectivity index (χ0v) is 8.97. The van der Waals surface area contributed by atoms with Crippen LogP contribution in [0.1, 0.15) is 11.1 Å². The fraction of sp³-hybridized carbons (Fsp3) is 0.200. The first-order valence-electron chi connectivity index (χ1n) is 4.50. The monoisotopic (exact) mass is 220 g/mol. The Morgan fingerprint density at radius 2 is 2.20 bits per heavy atom. The predicted molar refractivity (Wildman–Crippen MR) is 62.8 cm³/mol. The van der Waals surface area contributed by atoms with Gasteiger partial charge in [0.05, 0.1) is 11.6 Å². The number of hydrogen-bond donors (Lipinski definition) is 3. The van der Waals surface area contributed by atoms with Crippen molar-refractivity contribution < 1.29 is 0 Å². The zero-order valence-electron chi connectivity index (χ0n) is 8.16. The lowest BCUT2D eigenvalue weighted by molar-refractivity contribution is 0.835. The summed E-state index contributed by atoms with van der Waals surface area (Å²) in [5.74, 6) is 5.10. The summed E-state index contributed by atoms with van der Waals surface area (Å²) in [7, 11) is 0. The van der Waals surface area contributed by atoms with Gasteiger partial charge in [0, 0.05) is 6.54 Å². The van der Waals surface area contributed by atoms with Gasteiger partial charge in [0.2, 0.25) is 0 Å². The standard InChI is InChI=1S/C10H12N4S/c11-7-9-4-2-1-3-8(9)5-6-13-10(15)14-12/h1-4H,5-6,12H2,(H2,13,14,15). The van der Waals surface area contributed by atoms with Crippen molar-refractivity contribution in [3.8, 4) is 6.07 Å². The molecule has 0 unspecified atom stereocenters. The Bertz CT molecular complexity index is 383. The van der Waals surface area contributed by atoms with Crippen molar-refractivity contribution in [1.29, 1.82) is 5.26 Å². The third-order valence-electron chi connectivity index (χ3n) is 1.95. The maximum Gasteiger partial charge on any atom is 0.180 e. The molecule has 4 N–H and O–H groups in total. The lowest BCUT2D eigenvalue weighted by Gasteiger charge is -2.07. The third-order valence-corrected chi connectivity index (χ3v) is 2.21. The number of nitrogens with one attached hydrogen (secondary N) is 2. The smallest absolute Gasteiger partial charge is 0.180 e. The average molecular weight is 220 g/mol. The van der Waals surface area contributed by atoms with Crippen molar-refractivity contribution in [3.63, 3.8) is 0 Å². The molecule has 0 radical (unpaired) electrons. The molecule has 78 valence electrons. The summed E-state index contributed by atoms with van der Waals surface area (Å²) in [5.41, 5.74) is 4.04. The van der Waals surface area contributed by atoms with E-state index in [0.717, 1.165) is 12.0 Å². The van der Waals surface area contributed by atoms with Crippen LogP contribution in [-0.2, 0) is 6.42 Å². The Morgan fingerprint density at radius 3 is 2.87 bits per heavy atom. The van der Waals surface area contributed by atoms with Crippen LogP contribution in [0.15, 0.2) is 24.3 Å². The van der Waals surface area contributed by atoms with Crippen LogP contribution in [0.5, 0.6) is 0 Å². The van der Waals surface area contributed by atoms with Crippen molar-refractivity contribution in [2.75, 3.05) is 6.54 Å². The highest BCUT2D eigenvalue weighted by Gasteiger charge is 2.00. The van der Waals surface area contributed by atoms with Gasteiger partial charge in [-0.05, 0) is 30.3 Å².